The second kappa shape index (κ2) is 10.4. The van der Waals surface area contributed by atoms with Crippen LogP contribution in [0.1, 0.15) is 29.9 Å². The molecule has 0 aliphatic carbocycles. The van der Waals surface area contributed by atoms with E-state index in [0.717, 1.165) is 17.2 Å². The predicted octanol–water partition coefficient (Wildman–Crippen LogP) is 4.67. The fourth-order valence-corrected chi connectivity index (χ4v) is 2.67. The summed E-state index contributed by atoms with van der Waals surface area (Å²) < 4.78 is 22.9. The van der Waals surface area contributed by atoms with E-state index in [1.165, 1.54) is 6.07 Å². The molecule has 0 aliphatic heterocycles. The van der Waals surface area contributed by atoms with Crippen molar-refractivity contribution in [3.63, 3.8) is 0 Å². The average Bonchev–Trinajstić information content (AvgIpc) is 3.19. The van der Waals surface area contributed by atoms with Gasteiger partial charge in [-0.2, -0.15) is 5.54 Å². The van der Waals surface area contributed by atoms with Crippen molar-refractivity contribution in [2.75, 3.05) is 12.4 Å². The number of phenols is 2. The summed E-state index contributed by atoms with van der Waals surface area (Å²) >= 11 is 5.89. The first-order chi connectivity index (χ1) is 14.4. The van der Waals surface area contributed by atoms with Gasteiger partial charge in [-0.05, 0) is 23.8 Å². The summed E-state index contributed by atoms with van der Waals surface area (Å²) in [5.74, 6) is -1.20. The fraction of sp³-hybridized carbons (Fsp3) is 0.200. The maximum Gasteiger partial charge on any atom is 0.303 e. The number of ether oxygens (including phenoxy) is 1. The van der Waals surface area contributed by atoms with Crippen LogP contribution in [-0.2, 0) is 6.54 Å². The maximum atomic E-state index is 12.7. The van der Waals surface area contributed by atoms with Crippen LogP contribution in [0, 0.1) is 0 Å². The summed E-state index contributed by atoms with van der Waals surface area (Å²) in [6.07, 6.45) is 0. The molecule has 1 aromatic heterocycles. The zero-order chi connectivity index (χ0) is 22.3. The smallest absolute Gasteiger partial charge is 0.303 e. The molecule has 30 heavy (non-hydrogen) atoms. The van der Waals surface area contributed by atoms with Crippen molar-refractivity contribution >= 4 is 23.2 Å². The van der Waals surface area contributed by atoms with Gasteiger partial charge in [0.2, 0.25) is 0 Å². The molecular formula is C20H21ClFN3O5. The van der Waals surface area contributed by atoms with Crippen LogP contribution in [0.25, 0.3) is 11.3 Å². The second-order valence-corrected chi connectivity index (χ2v) is 6.09. The summed E-state index contributed by atoms with van der Waals surface area (Å²) in [5.41, 5.74) is 1.57. The number of amides is 1. The Morgan fingerprint density at radius 2 is 1.87 bits per heavy atom. The Labute approximate surface area is 177 Å². The molecule has 160 valence electrons. The van der Waals surface area contributed by atoms with Gasteiger partial charge in [0.25, 0.3) is 0 Å². The van der Waals surface area contributed by atoms with Crippen molar-refractivity contribution in [3.8, 4) is 28.6 Å². The Bertz CT molecular complexity index is 1010. The summed E-state index contributed by atoms with van der Waals surface area (Å²) in [7, 11) is 1.55. The van der Waals surface area contributed by atoms with Gasteiger partial charge in [-0.15, -0.1) is 0 Å². The molecule has 3 rings (SSSR count). The number of hydrogen-bond acceptors (Lipinski definition) is 7. The third-order valence-corrected chi connectivity index (χ3v) is 4.23. The lowest BCUT2D eigenvalue weighted by molar-refractivity contribution is 0.0850. The number of aromatic hydroxyl groups is 2. The number of nitrogens with one attached hydrogen (secondary N) is 2. The minimum absolute atomic E-state index is 0.0445. The Hall–Kier alpha value is -3.46. The second-order valence-electron chi connectivity index (χ2n) is 5.68. The monoisotopic (exact) mass is 437 g/mol. The van der Waals surface area contributed by atoms with E-state index >= 15 is 0 Å². The summed E-state index contributed by atoms with van der Waals surface area (Å²) in [4.78, 5) is 11.8. The molecule has 2 aromatic carbocycles. The van der Waals surface area contributed by atoms with Crippen LogP contribution in [0.4, 0.5) is 10.2 Å². The van der Waals surface area contributed by atoms with E-state index in [-0.39, 0.29) is 45.8 Å². The summed E-state index contributed by atoms with van der Waals surface area (Å²) in [6, 6.07) is 9.36. The molecule has 0 atom stereocenters. The molecule has 0 bridgehead atoms. The third-order valence-electron chi connectivity index (χ3n) is 3.93. The zero-order valence-corrected chi connectivity index (χ0v) is 17.2. The number of carbonyl (C=O) groups excluding carboxylic acids is 1. The number of anilines is 1. The van der Waals surface area contributed by atoms with Crippen LogP contribution in [-0.4, -0.2) is 28.4 Å². The van der Waals surface area contributed by atoms with E-state index in [0.29, 0.717) is 5.75 Å². The topological polar surface area (TPSA) is 117 Å². The number of nitrogens with zero attached hydrogens (tertiary/aromatic N) is 1. The van der Waals surface area contributed by atoms with E-state index in [1.807, 2.05) is 13.8 Å². The van der Waals surface area contributed by atoms with Crippen LogP contribution in [0.15, 0.2) is 40.9 Å². The molecule has 0 saturated carbocycles. The Balaban J connectivity index is 0.00000155. The first-order valence-electron chi connectivity index (χ1n) is 8.94. The minimum atomic E-state index is -1.13. The molecule has 0 aliphatic rings. The van der Waals surface area contributed by atoms with E-state index in [1.54, 1.807) is 31.4 Å². The van der Waals surface area contributed by atoms with Gasteiger partial charge in [0.1, 0.15) is 22.9 Å². The standard InChI is InChI=1S/C18H15ClFN3O5.C2H6/c1-27-10-4-2-9(3-5-10)8-21-15-16(18(26)22-20)23-28-17(15)11-6-12(19)14(25)7-13(11)24;1-2/h2-7,21,24-25H,8H2,1H3,(H,22,26);1-2H3. The molecule has 0 spiro atoms. The van der Waals surface area contributed by atoms with Crippen molar-refractivity contribution in [1.29, 1.82) is 0 Å². The summed E-state index contributed by atoms with van der Waals surface area (Å²) in [5, 5.41) is 26.2. The molecule has 4 N–H and O–H groups in total. The lowest BCUT2D eigenvalue weighted by atomic mass is 10.1. The quantitative estimate of drug-likeness (QED) is 0.414. The van der Waals surface area contributed by atoms with Gasteiger partial charge >= 0.3 is 5.91 Å². The number of hydrogen-bond donors (Lipinski definition) is 4. The van der Waals surface area contributed by atoms with Crippen LogP contribution in [0.3, 0.4) is 0 Å². The van der Waals surface area contributed by atoms with Crippen molar-refractivity contribution in [1.82, 2.24) is 10.7 Å². The maximum absolute atomic E-state index is 12.7. The van der Waals surface area contributed by atoms with E-state index in [2.05, 4.69) is 10.5 Å². The van der Waals surface area contributed by atoms with Gasteiger partial charge in [0.15, 0.2) is 11.5 Å². The number of phenolic OH excluding ortho intramolecular Hbond substituents is 2. The third kappa shape index (κ3) is 4.93. The SMILES string of the molecule is CC.COc1ccc(CNc2c(C(=O)NF)noc2-c2cc(Cl)c(O)cc2O)cc1. The molecule has 1 heterocycles. The van der Waals surface area contributed by atoms with Crippen LogP contribution in [0.5, 0.6) is 17.2 Å². The lowest BCUT2D eigenvalue weighted by Gasteiger charge is -2.10. The highest BCUT2D eigenvalue weighted by Gasteiger charge is 2.25. The molecule has 3 aromatic rings. The number of aromatic nitrogens is 1. The highest BCUT2D eigenvalue weighted by Crippen LogP contribution is 2.41. The normalized spacial score (nSPS) is 10.0. The molecule has 0 fully saturated rings. The molecule has 0 saturated heterocycles. The zero-order valence-electron chi connectivity index (χ0n) is 16.5. The molecule has 0 unspecified atom stereocenters. The van der Waals surface area contributed by atoms with Gasteiger partial charge < -0.3 is 24.8 Å². The fourth-order valence-electron chi connectivity index (χ4n) is 2.50. The molecule has 8 nitrogen and oxygen atoms in total. The Morgan fingerprint density at radius 3 is 2.47 bits per heavy atom. The molecule has 0 radical (unpaired) electrons. The minimum Gasteiger partial charge on any atom is -0.507 e. The highest BCUT2D eigenvalue weighted by molar-refractivity contribution is 6.32. The first-order valence-corrected chi connectivity index (χ1v) is 9.31. The van der Waals surface area contributed by atoms with Crippen molar-refractivity contribution in [3.05, 3.63) is 52.7 Å². The summed E-state index contributed by atoms with van der Waals surface area (Å²) in [6.45, 7) is 4.23. The molecular weight excluding hydrogens is 417 g/mol. The Morgan fingerprint density at radius 1 is 1.20 bits per heavy atom. The van der Waals surface area contributed by atoms with E-state index in [4.69, 9.17) is 20.9 Å². The average molecular weight is 438 g/mol. The Kier molecular flexibility index (Phi) is 7.88. The van der Waals surface area contributed by atoms with Crippen LogP contribution >= 0.6 is 11.6 Å². The first kappa shape index (κ1) is 22.8. The largest absolute Gasteiger partial charge is 0.507 e. The van der Waals surface area contributed by atoms with Gasteiger partial charge in [0, 0.05) is 12.6 Å². The molecule has 10 heteroatoms. The molecule has 1 amide bonds. The van der Waals surface area contributed by atoms with Gasteiger partial charge in [-0.3, -0.25) is 4.79 Å². The van der Waals surface area contributed by atoms with Crippen molar-refractivity contribution in [2.24, 2.45) is 0 Å². The number of methoxy groups -OCH3 is 1. The van der Waals surface area contributed by atoms with Crippen molar-refractivity contribution < 1.29 is 28.7 Å². The van der Waals surface area contributed by atoms with Gasteiger partial charge in [-0.25, -0.2) is 0 Å². The number of benzene rings is 2. The highest BCUT2D eigenvalue weighted by atomic mass is 35.5. The van der Waals surface area contributed by atoms with Crippen LogP contribution in [0.2, 0.25) is 5.02 Å². The van der Waals surface area contributed by atoms with Gasteiger partial charge in [-0.1, -0.05) is 47.2 Å². The predicted molar refractivity (Wildman–Crippen MR) is 111 cm³/mol. The van der Waals surface area contributed by atoms with E-state index < -0.39 is 5.91 Å². The number of carbonyl (C=O) groups is 1. The van der Waals surface area contributed by atoms with Crippen LogP contribution < -0.4 is 15.6 Å². The van der Waals surface area contributed by atoms with Crippen molar-refractivity contribution in [2.45, 2.75) is 20.4 Å². The number of halogens is 2. The number of rotatable bonds is 6. The van der Waals surface area contributed by atoms with E-state index in [9.17, 15) is 19.5 Å². The van der Waals surface area contributed by atoms with Gasteiger partial charge in [0.05, 0.1) is 17.7 Å². The lowest BCUT2D eigenvalue weighted by Crippen LogP contribution is -2.16.